The molecule has 0 atom stereocenters. The Bertz CT molecular complexity index is 1190. The Hall–Kier alpha value is -3.69. The van der Waals surface area contributed by atoms with E-state index < -0.39 is 11.8 Å². The number of amides is 3. The number of halogens is 1. The number of aromatic nitrogens is 1. The highest BCUT2D eigenvalue weighted by Crippen LogP contribution is 2.31. The first-order valence-corrected chi connectivity index (χ1v) is 10.2. The van der Waals surface area contributed by atoms with Crippen LogP contribution in [0.5, 0.6) is 5.75 Å². The number of anilines is 3. The average molecular weight is 455 g/mol. The first-order chi connectivity index (χ1) is 15.0. The summed E-state index contributed by atoms with van der Waals surface area (Å²) < 4.78 is 5.10. The Morgan fingerprint density at radius 3 is 2.58 bits per heavy atom. The van der Waals surface area contributed by atoms with E-state index in [1.165, 1.54) is 18.4 Å². The molecule has 0 saturated heterocycles. The standard InChI is InChI=1S/C21H15ClN4O4S/c1-30-15-7-5-14(6-8-15)26-19(28)16(22)17(20(26)29)24-13-4-2-3-12(11-13)18(27)25-21-23-9-10-31-21/h2-11,24H,1H3,(H,23,25,27). The zero-order valence-corrected chi connectivity index (χ0v) is 17.7. The maximum atomic E-state index is 12.9. The summed E-state index contributed by atoms with van der Waals surface area (Å²) in [6.07, 6.45) is 1.59. The van der Waals surface area contributed by atoms with Crippen molar-refractivity contribution in [2.45, 2.75) is 0 Å². The maximum Gasteiger partial charge on any atom is 0.283 e. The minimum Gasteiger partial charge on any atom is -0.497 e. The van der Waals surface area contributed by atoms with Gasteiger partial charge in [-0.15, -0.1) is 11.3 Å². The highest BCUT2D eigenvalue weighted by atomic mass is 35.5. The molecule has 0 aliphatic carbocycles. The number of carbonyl (C=O) groups excluding carboxylic acids is 3. The third-order valence-corrected chi connectivity index (χ3v) is 5.44. The van der Waals surface area contributed by atoms with Gasteiger partial charge >= 0.3 is 0 Å². The number of hydrogen-bond acceptors (Lipinski definition) is 7. The number of hydrogen-bond donors (Lipinski definition) is 2. The molecule has 0 unspecified atom stereocenters. The average Bonchev–Trinajstić information content (AvgIpc) is 3.37. The quantitative estimate of drug-likeness (QED) is 0.549. The summed E-state index contributed by atoms with van der Waals surface area (Å²) in [6, 6.07) is 12.9. The van der Waals surface area contributed by atoms with Gasteiger partial charge in [0.1, 0.15) is 16.5 Å². The van der Waals surface area contributed by atoms with E-state index in [9.17, 15) is 14.4 Å². The summed E-state index contributed by atoms with van der Waals surface area (Å²) >= 11 is 7.47. The Morgan fingerprint density at radius 1 is 1.13 bits per heavy atom. The third-order valence-electron chi connectivity index (χ3n) is 4.40. The number of nitrogens with one attached hydrogen (secondary N) is 2. The van der Waals surface area contributed by atoms with Crippen molar-refractivity contribution in [3.63, 3.8) is 0 Å². The highest BCUT2D eigenvalue weighted by Gasteiger charge is 2.39. The molecular formula is C21H15ClN4O4S. The first kappa shape index (κ1) is 20.6. The minimum atomic E-state index is -0.642. The lowest BCUT2D eigenvalue weighted by Gasteiger charge is -2.15. The van der Waals surface area contributed by atoms with Gasteiger partial charge in [-0.25, -0.2) is 9.88 Å². The fourth-order valence-electron chi connectivity index (χ4n) is 2.91. The van der Waals surface area contributed by atoms with Crippen molar-refractivity contribution in [1.29, 1.82) is 0 Å². The van der Waals surface area contributed by atoms with Crippen molar-refractivity contribution in [3.05, 3.63) is 76.4 Å². The van der Waals surface area contributed by atoms with E-state index >= 15 is 0 Å². The summed E-state index contributed by atoms with van der Waals surface area (Å²) in [6.45, 7) is 0. The van der Waals surface area contributed by atoms with Gasteiger partial charge in [0.25, 0.3) is 17.7 Å². The number of benzene rings is 2. The molecule has 31 heavy (non-hydrogen) atoms. The van der Waals surface area contributed by atoms with Gasteiger partial charge in [-0.3, -0.25) is 19.7 Å². The number of nitrogens with zero attached hydrogens (tertiary/aromatic N) is 2. The summed E-state index contributed by atoms with van der Waals surface area (Å²) in [5, 5.41) is 7.53. The molecular weight excluding hydrogens is 440 g/mol. The molecule has 2 N–H and O–H groups in total. The number of imide groups is 1. The summed E-state index contributed by atoms with van der Waals surface area (Å²) in [5.41, 5.74) is 1.07. The maximum absolute atomic E-state index is 12.9. The van der Waals surface area contributed by atoms with Crippen LogP contribution in [0.25, 0.3) is 0 Å². The molecule has 0 spiro atoms. The monoisotopic (exact) mass is 454 g/mol. The zero-order chi connectivity index (χ0) is 22.0. The van der Waals surface area contributed by atoms with Gasteiger partial charge in [0.15, 0.2) is 5.13 Å². The molecule has 3 aromatic rings. The number of carbonyl (C=O) groups is 3. The van der Waals surface area contributed by atoms with Crippen LogP contribution < -0.4 is 20.3 Å². The van der Waals surface area contributed by atoms with E-state index in [-0.39, 0.29) is 16.6 Å². The predicted molar refractivity (Wildman–Crippen MR) is 118 cm³/mol. The zero-order valence-electron chi connectivity index (χ0n) is 16.1. The normalized spacial score (nSPS) is 13.5. The molecule has 1 aliphatic heterocycles. The van der Waals surface area contributed by atoms with Crippen molar-refractivity contribution in [2.24, 2.45) is 0 Å². The van der Waals surface area contributed by atoms with Crippen molar-refractivity contribution >= 4 is 57.2 Å². The third kappa shape index (κ3) is 4.14. The van der Waals surface area contributed by atoms with Crippen molar-refractivity contribution < 1.29 is 19.1 Å². The second-order valence-electron chi connectivity index (χ2n) is 6.33. The summed E-state index contributed by atoms with van der Waals surface area (Å²) in [4.78, 5) is 42.9. The fraction of sp³-hybridized carbons (Fsp3) is 0.0476. The number of methoxy groups -OCH3 is 1. The molecule has 3 amide bonds. The highest BCUT2D eigenvalue weighted by molar-refractivity contribution is 7.13. The smallest absolute Gasteiger partial charge is 0.283 e. The molecule has 156 valence electrons. The van der Waals surface area contributed by atoms with Crippen molar-refractivity contribution in [1.82, 2.24) is 4.98 Å². The lowest BCUT2D eigenvalue weighted by atomic mass is 10.2. The van der Waals surface area contributed by atoms with Crippen LogP contribution in [-0.2, 0) is 9.59 Å². The predicted octanol–water partition coefficient (Wildman–Crippen LogP) is 3.84. The fourth-order valence-corrected chi connectivity index (χ4v) is 3.65. The molecule has 1 aromatic heterocycles. The van der Waals surface area contributed by atoms with Crippen LogP contribution in [0, 0.1) is 0 Å². The van der Waals surface area contributed by atoms with Gasteiger partial charge in [0.2, 0.25) is 0 Å². The molecule has 8 nitrogen and oxygen atoms in total. The van der Waals surface area contributed by atoms with Gasteiger partial charge in [-0.2, -0.15) is 0 Å². The van der Waals surface area contributed by atoms with Crippen LogP contribution in [0.1, 0.15) is 10.4 Å². The molecule has 2 aromatic carbocycles. The Labute approximate surface area is 186 Å². The van der Waals surface area contributed by atoms with Gasteiger partial charge in [-0.1, -0.05) is 17.7 Å². The number of rotatable bonds is 6. The largest absolute Gasteiger partial charge is 0.497 e. The first-order valence-electron chi connectivity index (χ1n) is 8.98. The number of thiazole rings is 1. The lowest BCUT2D eigenvalue weighted by molar-refractivity contribution is -0.120. The Balaban J connectivity index is 1.54. The van der Waals surface area contributed by atoms with E-state index in [4.69, 9.17) is 16.3 Å². The van der Waals surface area contributed by atoms with Crippen molar-refractivity contribution in [2.75, 3.05) is 22.6 Å². The SMILES string of the molecule is COc1ccc(N2C(=O)C(Cl)=C(Nc3cccc(C(=O)Nc4nccs4)c3)C2=O)cc1. The molecule has 2 heterocycles. The van der Waals surface area contributed by atoms with Crippen LogP contribution in [0.4, 0.5) is 16.5 Å². The van der Waals surface area contributed by atoms with Gasteiger partial charge in [0, 0.05) is 22.8 Å². The van der Waals surface area contributed by atoms with Gasteiger partial charge < -0.3 is 10.1 Å². The number of ether oxygens (including phenoxy) is 1. The van der Waals surface area contributed by atoms with Gasteiger partial charge in [0.05, 0.1) is 12.8 Å². The van der Waals surface area contributed by atoms with Crippen molar-refractivity contribution in [3.8, 4) is 5.75 Å². The van der Waals surface area contributed by atoms with E-state index in [1.807, 2.05) is 0 Å². The lowest BCUT2D eigenvalue weighted by Crippen LogP contribution is -2.32. The summed E-state index contributed by atoms with van der Waals surface area (Å²) in [5.74, 6) is -1.00. The topological polar surface area (TPSA) is 101 Å². The molecule has 10 heteroatoms. The van der Waals surface area contributed by atoms with Crippen LogP contribution in [-0.4, -0.2) is 29.8 Å². The van der Waals surface area contributed by atoms with E-state index in [1.54, 1.807) is 60.1 Å². The second-order valence-corrected chi connectivity index (χ2v) is 7.60. The molecule has 0 radical (unpaired) electrons. The molecule has 0 bridgehead atoms. The van der Waals surface area contributed by atoms with Crippen LogP contribution in [0.15, 0.2) is 70.8 Å². The Kier molecular flexibility index (Phi) is 5.70. The van der Waals surface area contributed by atoms with E-state index in [0.29, 0.717) is 27.8 Å². The molecule has 4 rings (SSSR count). The molecule has 1 aliphatic rings. The second kappa shape index (κ2) is 8.58. The van der Waals surface area contributed by atoms with Crippen LogP contribution in [0.3, 0.4) is 0 Å². The Morgan fingerprint density at radius 2 is 1.90 bits per heavy atom. The molecule has 0 saturated carbocycles. The van der Waals surface area contributed by atoms with Crippen LogP contribution in [0.2, 0.25) is 0 Å². The minimum absolute atomic E-state index is 0.0695. The van der Waals surface area contributed by atoms with Crippen LogP contribution >= 0.6 is 22.9 Å². The van der Waals surface area contributed by atoms with Gasteiger partial charge in [-0.05, 0) is 42.5 Å². The van der Waals surface area contributed by atoms with E-state index in [2.05, 4.69) is 15.6 Å². The van der Waals surface area contributed by atoms with E-state index in [0.717, 1.165) is 4.90 Å². The summed E-state index contributed by atoms with van der Waals surface area (Å²) in [7, 11) is 1.52. The molecule has 0 fully saturated rings.